The Kier molecular flexibility index (Phi) is 7.33. The number of hydrogen-bond donors (Lipinski definition) is 0. The Morgan fingerprint density at radius 2 is 1.44 bits per heavy atom. The Labute approximate surface area is 72.0 Å². The average Bonchev–Trinajstić information content (AvgIpc) is 1.94. The number of halogens is 1. The summed E-state index contributed by atoms with van der Waals surface area (Å²) in [6.45, 7) is 2.64. The first-order chi connectivity index (χ1) is 4.39. The quantitative estimate of drug-likeness (QED) is 0.464. The van der Waals surface area contributed by atoms with Gasteiger partial charge in [-0.25, -0.2) is 0 Å². The lowest BCUT2D eigenvalue weighted by molar-refractivity contribution is 0.277. The molecule has 0 saturated carbocycles. The molecule has 1 heterocycles. The minimum Gasteiger partial charge on any atom is -0.306 e. The SMILES string of the molecule is CI.CN1CCCCC1. The van der Waals surface area contributed by atoms with Crippen molar-refractivity contribution < 1.29 is 0 Å². The minimum absolute atomic E-state index is 1.32. The highest BCUT2D eigenvalue weighted by molar-refractivity contribution is 14.1. The average molecular weight is 241 g/mol. The van der Waals surface area contributed by atoms with Crippen molar-refractivity contribution in [3.8, 4) is 0 Å². The van der Waals surface area contributed by atoms with E-state index in [-0.39, 0.29) is 0 Å². The Bertz CT molecular complexity index is 50.9. The summed E-state index contributed by atoms with van der Waals surface area (Å²) >= 11 is 2.15. The topological polar surface area (TPSA) is 3.24 Å². The molecule has 0 aromatic rings. The summed E-state index contributed by atoms with van der Waals surface area (Å²) in [4.78, 5) is 4.36. The Morgan fingerprint density at radius 3 is 1.67 bits per heavy atom. The summed E-state index contributed by atoms with van der Waals surface area (Å²) in [6, 6.07) is 0. The third-order valence-corrected chi connectivity index (χ3v) is 1.58. The highest BCUT2D eigenvalue weighted by Gasteiger charge is 2.02. The van der Waals surface area contributed by atoms with Gasteiger partial charge >= 0.3 is 0 Å². The van der Waals surface area contributed by atoms with Gasteiger partial charge in [0.25, 0.3) is 0 Å². The zero-order valence-corrected chi connectivity index (χ0v) is 8.52. The van der Waals surface area contributed by atoms with Crippen LogP contribution in [0.3, 0.4) is 0 Å². The zero-order valence-electron chi connectivity index (χ0n) is 6.36. The van der Waals surface area contributed by atoms with E-state index in [4.69, 9.17) is 0 Å². The zero-order chi connectivity index (χ0) is 7.11. The van der Waals surface area contributed by atoms with Crippen molar-refractivity contribution in [3.63, 3.8) is 0 Å². The van der Waals surface area contributed by atoms with Gasteiger partial charge in [0.15, 0.2) is 0 Å². The van der Waals surface area contributed by atoms with Crippen LogP contribution < -0.4 is 0 Å². The number of alkyl halides is 1. The van der Waals surface area contributed by atoms with Crippen LogP contribution in [0.15, 0.2) is 0 Å². The van der Waals surface area contributed by atoms with E-state index in [1.165, 1.54) is 32.4 Å². The first-order valence-electron chi connectivity index (χ1n) is 3.46. The second-order valence-corrected chi connectivity index (χ2v) is 2.36. The van der Waals surface area contributed by atoms with Crippen LogP contribution in [0.4, 0.5) is 0 Å². The molecule has 0 aliphatic carbocycles. The molecule has 1 saturated heterocycles. The standard InChI is InChI=1S/C6H13N.CH3I/c1-7-5-3-2-4-6-7;1-2/h2-6H2,1H3;1H3. The third-order valence-electron chi connectivity index (χ3n) is 1.58. The maximum atomic E-state index is 2.39. The van der Waals surface area contributed by atoms with Gasteiger partial charge in [-0.15, -0.1) is 0 Å². The van der Waals surface area contributed by atoms with Gasteiger partial charge in [-0.2, -0.15) is 0 Å². The van der Waals surface area contributed by atoms with E-state index in [0.29, 0.717) is 0 Å². The van der Waals surface area contributed by atoms with E-state index in [1.807, 2.05) is 4.93 Å². The van der Waals surface area contributed by atoms with Crippen molar-refractivity contribution in [2.45, 2.75) is 19.3 Å². The Hall–Kier alpha value is 0.690. The van der Waals surface area contributed by atoms with Gasteiger partial charge in [0.05, 0.1) is 0 Å². The van der Waals surface area contributed by atoms with Crippen molar-refractivity contribution >= 4 is 22.6 Å². The fourth-order valence-electron chi connectivity index (χ4n) is 1.05. The largest absolute Gasteiger partial charge is 0.306 e. The van der Waals surface area contributed by atoms with Gasteiger partial charge in [0.1, 0.15) is 0 Å². The van der Waals surface area contributed by atoms with E-state index in [1.54, 1.807) is 0 Å². The maximum absolute atomic E-state index is 2.39. The van der Waals surface area contributed by atoms with Crippen LogP contribution in [0.25, 0.3) is 0 Å². The molecule has 0 aromatic heterocycles. The summed E-state index contributed by atoms with van der Waals surface area (Å²) in [5.74, 6) is 0. The van der Waals surface area contributed by atoms with E-state index in [9.17, 15) is 0 Å². The molecule has 1 rings (SSSR count). The molecule has 0 aromatic carbocycles. The van der Waals surface area contributed by atoms with Crippen LogP contribution in [-0.2, 0) is 0 Å². The summed E-state index contributed by atoms with van der Waals surface area (Å²) in [6.07, 6.45) is 4.28. The molecule has 1 aliphatic heterocycles. The van der Waals surface area contributed by atoms with Gasteiger partial charge < -0.3 is 4.90 Å². The maximum Gasteiger partial charge on any atom is -0.00218 e. The van der Waals surface area contributed by atoms with Gasteiger partial charge in [-0.05, 0) is 37.9 Å². The van der Waals surface area contributed by atoms with Gasteiger partial charge in [0, 0.05) is 0 Å². The predicted molar refractivity (Wildman–Crippen MR) is 51.3 cm³/mol. The van der Waals surface area contributed by atoms with Gasteiger partial charge in [-0.1, -0.05) is 29.0 Å². The first-order valence-corrected chi connectivity index (χ1v) is 5.62. The normalized spacial score (nSPS) is 20.3. The summed E-state index contributed by atoms with van der Waals surface area (Å²) in [7, 11) is 2.19. The number of likely N-dealkylation sites (tertiary alicyclic amines) is 1. The molecule has 0 N–H and O–H groups in total. The molecule has 1 fully saturated rings. The molecule has 0 bridgehead atoms. The van der Waals surface area contributed by atoms with E-state index in [2.05, 4.69) is 34.5 Å². The first kappa shape index (κ1) is 9.69. The molecule has 2 heteroatoms. The fraction of sp³-hybridized carbons (Fsp3) is 1.00. The van der Waals surface area contributed by atoms with Crippen LogP contribution in [0.5, 0.6) is 0 Å². The minimum atomic E-state index is 1.32. The van der Waals surface area contributed by atoms with Crippen LogP contribution in [0.2, 0.25) is 0 Å². The molecule has 1 aliphatic rings. The summed E-state index contributed by atoms with van der Waals surface area (Å²) in [5, 5.41) is 0. The van der Waals surface area contributed by atoms with Crippen LogP contribution in [0, 0.1) is 0 Å². The second-order valence-electron chi connectivity index (χ2n) is 2.36. The van der Waals surface area contributed by atoms with Crippen molar-refractivity contribution in [2.75, 3.05) is 25.1 Å². The molecule has 1 nitrogen and oxygen atoms in total. The van der Waals surface area contributed by atoms with Crippen LogP contribution in [-0.4, -0.2) is 30.0 Å². The lowest BCUT2D eigenvalue weighted by Crippen LogP contribution is -2.24. The van der Waals surface area contributed by atoms with Crippen molar-refractivity contribution in [3.05, 3.63) is 0 Å². The molecular weight excluding hydrogens is 225 g/mol. The molecule has 0 radical (unpaired) electrons. The number of rotatable bonds is 0. The van der Waals surface area contributed by atoms with Crippen molar-refractivity contribution in [1.29, 1.82) is 0 Å². The summed E-state index contributed by atoms with van der Waals surface area (Å²) < 4.78 is 0. The lowest BCUT2D eigenvalue weighted by atomic mass is 10.1. The lowest BCUT2D eigenvalue weighted by Gasteiger charge is -2.20. The van der Waals surface area contributed by atoms with Crippen LogP contribution in [0.1, 0.15) is 19.3 Å². The van der Waals surface area contributed by atoms with E-state index in [0.717, 1.165) is 0 Å². The third kappa shape index (κ3) is 5.15. The molecule has 0 spiro atoms. The highest BCUT2D eigenvalue weighted by atomic mass is 127. The fourth-order valence-corrected chi connectivity index (χ4v) is 1.05. The molecular formula is C7H16IN. The molecule has 9 heavy (non-hydrogen) atoms. The van der Waals surface area contributed by atoms with Gasteiger partial charge in [-0.3, -0.25) is 0 Å². The Balaban J connectivity index is 0.000000291. The number of piperidine rings is 1. The number of hydrogen-bond acceptors (Lipinski definition) is 1. The second kappa shape index (κ2) is 6.81. The van der Waals surface area contributed by atoms with Crippen molar-refractivity contribution in [1.82, 2.24) is 4.90 Å². The molecule has 56 valence electrons. The molecule has 0 atom stereocenters. The predicted octanol–water partition coefficient (Wildman–Crippen LogP) is 2.15. The summed E-state index contributed by atoms with van der Waals surface area (Å²) in [5.41, 5.74) is 0. The van der Waals surface area contributed by atoms with E-state index >= 15 is 0 Å². The molecule has 0 amide bonds. The highest BCUT2D eigenvalue weighted by Crippen LogP contribution is 2.04. The molecule has 0 unspecified atom stereocenters. The Morgan fingerprint density at radius 1 is 1.00 bits per heavy atom. The van der Waals surface area contributed by atoms with Crippen LogP contribution >= 0.6 is 22.6 Å². The smallest absolute Gasteiger partial charge is 0.00218 e. The van der Waals surface area contributed by atoms with Gasteiger partial charge in [0.2, 0.25) is 0 Å². The monoisotopic (exact) mass is 241 g/mol. The van der Waals surface area contributed by atoms with E-state index < -0.39 is 0 Å². The number of nitrogens with zero attached hydrogens (tertiary/aromatic N) is 1. The van der Waals surface area contributed by atoms with Crippen molar-refractivity contribution in [2.24, 2.45) is 0 Å².